The first-order chi connectivity index (χ1) is 13.4. The van der Waals surface area contributed by atoms with Crippen LogP contribution in [0.1, 0.15) is 12.8 Å². The molecular formula is C22H28O6. The van der Waals surface area contributed by atoms with Crippen LogP contribution < -0.4 is 0 Å². The molecule has 4 aliphatic carbocycles. The lowest BCUT2D eigenvalue weighted by Crippen LogP contribution is -2.74. The second-order valence-corrected chi connectivity index (χ2v) is 7.49. The fourth-order valence-electron chi connectivity index (χ4n) is 5.64. The molecule has 0 radical (unpaired) electrons. The Morgan fingerprint density at radius 2 is 1.61 bits per heavy atom. The van der Waals surface area contributed by atoms with E-state index >= 15 is 0 Å². The van der Waals surface area contributed by atoms with Gasteiger partial charge in [-0.25, -0.2) is 0 Å². The molecule has 28 heavy (non-hydrogen) atoms. The number of ketones is 2. The van der Waals surface area contributed by atoms with E-state index in [1.54, 1.807) is 12.2 Å². The predicted molar refractivity (Wildman–Crippen MR) is 103 cm³/mol. The van der Waals surface area contributed by atoms with Gasteiger partial charge in [0.25, 0.3) is 0 Å². The van der Waals surface area contributed by atoms with Crippen molar-refractivity contribution in [2.75, 3.05) is 28.4 Å². The monoisotopic (exact) mass is 388 g/mol. The summed E-state index contributed by atoms with van der Waals surface area (Å²) in [5.41, 5.74) is 0.198. The minimum atomic E-state index is -1.57. The highest BCUT2D eigenvalue weighted by atomic mass is 16.7. The number of fused-ring (bicyclic) bond motifs is 1. The molecule has 6 nitrogen and oxygen atoms in total. The molecule has 0 aromatic heterocycles. The molecule has 4 aliphatic rings. The number of ether oxygens (including phenoxy) is 4. The molecule has 2 bridgehead atoms. The summed E-state index contributed by atoms with van der Waals surface area (Å²) >= 11 is 0. The summed E-state index contributed by atoms with van der Waals surface area (Å²) in [5, 5.41) is 0. The number of carbonyl (C=O) groups is 2. The molecule has 0 aliphatic heterocycles. The number of hydrogen-bond acceptors (Lipinski definition) is 6. The molecule has 4 atom stereocenters. The maximum Gasteiger partial charge on any atom is 0.237 e. The standard InChI is InChI=1S/C22H28O6/c1-7-9-14-13-15-19(24)22(27-5,28-6)17(14)18-20(15,11-8-2)12-10-16(23)21(18,25-3)26-4/h7-8,10,12-13,15,17-18H,1-2,9,11H2,3-6H3. The van der Waals surface area contributed by atoms with Crippen molar-refractivity contribution in [1.29, 1.82) is 0 Å². The zero-order chi connectivity index (χ0) is 20.7. The Bertz CT molecular complexity index is 755. The molecule has 152 valence electrons. The largest absolute Gasteiger partial charge is 0.346 e. The van der Waals surface area contributed by atoms with Crippen LogP contribution in [0.3, 0.4) is 0 Å². The number of carbonyl (C=O) groups excluding carboxylic acids is 2. The zero-order valence-corrected chi connectivity index (χ0v) is 16.9. The van der Waals surface area contributed by atoms with E-state index in [4.69, 9.17) is 18.9 Å². The summed E-state index contributed by atoms with van der Waals surface area (Å²) in [5.74, 6) is -5.29. The first kappa shape index (κ1) is 20.9. The van der Waals surface area contributed by atoms with E-state index in [9.17, 15) is 9.59 Å². The van der Waals surface area contributed by atoms with Gasteiger partial charge >= 0.3 is 0 Å². The van der Waals surface area contributed by atoms with Crippen molar-refractivity contribution in [2.24, 2.45) is 23.2 Å². The van der Waals surface area contributed by atoms with Crippen molar-refractivity contribution in [3.05, 3.63) is 49.1 Å². The Balaban J connectivity index is 2.39. The van der Waals surface area contributed by atoms with Gasteiger partial charge in [0.05, 0.1) is 11.8 Å². The fourth-order valence-corrected chi connectivity index (χ4v) is 5.64. The quantitative estimate of drug-likeness (QED) is 0.470. The molecule has 0 amide bonds. The lowest BCUT2D eigenvalue weighted by Gasteiger charge is -2.64. The van der Waals surface area contributed by atoms with Crippen molar-refractivity contribution >= 4 is 11.6 Å². The van der Waals surface area contributed by atoms with E-state index in [-0.39, 0.29) is 11.6 Å². The van der Waals surface area contributed by atoms with Crippen molar-refractivity contribution in [1.82, 2.24) is 0 Å². The van der Waals surface area contributed by atoms with E-state index in [2.05, 4.69) is 13.2 Å². The minimum absolute atomic E-state index is 0.173. The molecule has 4 rings (SSSR count). The van der Waals surface area contributed by atoms with Crippen LogP contribution in [-0.4, -0.2) is 51.6 Å². The molecule has 1 saturated carbocycles. The minimum Gasteiger partial charge on any atom is -0.346 e. The van der Waals surface area contributed by atoms with E-state index in [1.807, 2.05) is 12.2 Å². The van der Waals surface area contributed by atoms with Gasteiger partial charge in [-0.1, -0.05) is 29.9 Å². The summed E-state index contributed by atoms with van der Waals surface area (Å²) in [6.45, 7) is 7.73. The average Bonchev–Trinajstić information content (AvgIpc) is 2.71. The van der Waals surface area contributed by atoms with E-state index in [1.165, 1.54) is 34.5 Å². The third-order valence-electron chi connectivity index (χ3n) is 6.70. The molecular weight excluding hydrogens is 360 g/mol. The first-order valence-electron chi connectivity index (χ1n) is 9.30. The normalized spacial score (nSPS) is 34.7. The third-order valence-corrected chi connectivity index (χ3v) is 6.70. The second kappa shape index (κ2) is 7.19. The molecule has 6 heteroatoms. The van der Waals surface area contributed by atoms with Crippen LogP contribution in [0, 0.1) is 23.2 Å². The lowest BCUT2D eigenvalue weighted by molar-refractivity contribution is -0.310. The van der Waals surface area contributed by atoms with Crippen LogP contribution >= 0.6 is 0 Å². The Kier molecular flexibility index (Phi) is 5.36. The highest BCUT2D eigenvalue weighted by molar-refractivity contribution is 6.01. The van der Waals surface area contributed by atoms with E-state index < -0.39 is 34.7 Å². The molecule has 1 fully saturated rings. The van der Waals surface area contributed by atoms with Gasteiger partial charge in [0.2, 0.25) is 17.4 Å². The summed E-state index contributed by atoms with van der Waals surface area (Å²) in [4.78, 5) is 26.6. The molecule has 0 aromatic rings. The van der Waals surface area contributed by atoms with Crippen molar-refractivity contribution in [2.45, 2.75) is 24.4 Å². The average molecular weight is 388 g/mol. The third kappa shape index (κ3) is 2.29. The summed E-state index contributed by atoms with van der Waals surface area (Å²) in [6, 6.07) is 0. The zero-order valence-electron chi connectivity index (χ0n) is 16.9. The van der Waals surface area contributed by atoms with Gasteiger partial charge < -0.3 is 18.9 Å². The summed E-state index contributed by atoms with van der Waals surface area (Å²) in [7, 11) is 5.79. The van der Waals surface area contributed by atoms with Crippen molar-refractivity contribution < 1.29 is 28.5 Å². The van der Waals surface area contributed by atoms with Gasteiger partial charge in [-0.05, 0) is 18.9 Å². The molecule has 0 aromatic carbocycles. The van der Waals surface area contributed by atoms with Crippen LogP contribution in [0.25, 0.3) is 0 Å². The molecule has 0 saturated heterocycles. The highest BCUT2D eigenvalue weighted by Gasteiger charge is 2.75. The van der Waals surface area contributed by atoms with Crippen LogP contribution in [-0.2, 0) is 28.5 Å². The second-order valence-electron chi connectivity index (χ2n) is 7.49. The van der Waals surface area contributed by atoms with Gasteiger partial charge in [0.15, 0.2) is 5.78 Å². The van der Waals surface area contributed by atoms with E-state index in [0.29, 0.717) is 12.8 Å². The number of allylic oxidation sites excluding steroid dienone is 4. The molecule has 0 spiro atoms. The maximum atomic E-state index is 13.6. The van der Waals surface area contributed by atoms with Crippen LogP contribution in [0.5, 0.6) is 0 Å². The summed E-state index contributed by atoms with van der Waals surface area (Å²) < 4.78 is 22.9. The highest BCUT2D eigenvalue weighted by Crippen LogP contribution is 2.66. The Morgan fingerprint density at radius 3 is 2.11 bits per heavy atom. The smallest absolute Gasteiger partial charge is 0.237 e. The maximum absolute atomic E-state index is 13.6. The molecule has 0 N–H and O–H groups in total. The lowest BCUT2D eigenvalue weighted by atomic mass is 9.43. The Morgan fingerprint density at radius 1 is 1.00 bits per heavy atom. The van der Waals surface area contributed by atoms with Gasteiger partial charge in [0, 0.05) is 39.8 Å². The fraction of sp³-hybridized carbons (Fsp3) is 0.545. The Labute approximate surface area is 165 Å². The predicted octanol–water partition coefficient (Wildman–Crippen LogP) is 2.61. The molecule has 4 unspecified atom stereocenters. The number of Topliss-reactive ketones (excluding diaryl/α,β-unsaturated/α-hetero) is 1. The van der Waals surface area contributed by atoms with Gasteiger partial charge in [0.1, 0.15) is 0 Å². The van der Waals surface area contributed by atoms with Crippen LogP contribution in [0.15, 0.2) is 49.1 Å². The topological polar surface area (TPSA) is 71.1 Å². The van der Waals surface area contributed by atoms with E-state index in [0.717, 1.165) is 5.57 Å². The van der Waals surface area contributed by atoms with Gasteiger partial charge in [-0.3, -0.25) is 9.59 Å². The number of rotatable bonds is 8. The summed E-state index contributed by atoms with van der Waals surface area (Å²) in [6.07, 6.45) is 9.80. The number of hydrogen-bond donors (Lipinski definition) is 0. The van der Waals surface area contributed by atoms with Gasteiger partial charge in [-0.15, -0.1) is 13.2 Å². The SMILES string of the molecule is C=CCC1=CC2C(=O)C(OC)(OC)C1C1C(OC)(OC)C(=O)C=CC21CC=C. The Hall–Kier alpha value is -1.86. The van der Waals surface area contributed by atoms with Crippen molar-refractivity contribution in [3.8, 4) is 0 Å². The first-order valence-corrected chi connectivity index (χ1v) is 9.30. The van der Waals surface area contributed by atoms with Crippen molar-refractivity contribution in [3.63, 3.8) is 0 Å². The van der Waals surface area contributed by atoms with Crippen LogP contribution in [0.2, 0.25) is 0 Å². The molecule has 0 heterocycles. The number of methoxy groups -OCH3 is 4. The van der Waals surface area contributed by atoms with Gasteiger partial charge in [-0.2, -0.15) is 0 Å². The van der Waals surface area contributed by atoms with Crippen LogP contribution in [0.4, 0.5) is 0 Å².